The molecule has 8 heteroatoms. The van der Waals surface area contributed by atoms with Crippen LogP contribution in [0.2, 0.25) is 0 Å². The van der Waals surface area contributed by atoms with Crippen molar-refractivity contribution in [3.8, 4) is 11.3 Å². The van der Waals surface area contributed by atoms with Gasteiger partial charge in [0, 0.05) is 44.1 Å². The number of nitrogens with zero attached hydrogens (tertiary/aromatic N) is 3. The zero-order chi connectivity index (χ0) is 27.1. The number of urea groups is 1. The van der Waals surface area contributed by atoms with E-state index in [2.05, 4.69) is 42.8 Å². The Morgan fingerprint density at radius 3 is 2.37 bits per heavy atom. The van der Waals surface area contributed by atoms with Gasteiger partial charge in [0.25, 0.3) is 0 Å². The number of amides is 2. The van der Waals surface area contributed by atoms with Crippen molar-refractivity contribution < 1.29 is 13.9 Å². The fraction of sp³-hybridized carbons (Fsp3) is 0.467. The normalized spacial score (nSPS) is 16.1. The first-order chi connectivity index (χ1) is 18.3. The maximum absolute atomic E-state index is 14.9. The third-order valence-electron chi connectivity index (χ3n) is 6.91. The van der Waals surface area contributed by atoms with E-state index in [0.717, 1.165) is 29.7 Å². The van der Waals surface area contributed by atoms with Crippen molar-refractivity contribution in [3.63, 3.8) is 0 Å². The Labute approximate surface area is 225 Å². The summed E-state index contributed by atoms with van der Waals surface area (Å²) < 4.78 is 22.5. The standard InChI is InChI=1S/C30H40FN5O2/c1-30(2,3)27(36(20-24(31)18-32)29(37)33-25-14-16-38-17-15-25)28-34-26(23-12-8-5-9-13-23)21-35(28)19-22-10-6-4-7-11-22/h4-13,21,24-25,27H,14-20,32H2,1-3H3,(H,33,37)/t24-,27+/m1/s1. The van der Waals surface area contributed by atoms with Crippen molar-refractivity contribution in [1.29, 1.82) is 0 Å². The Morgan fingerprint density at radius 1 is 1.13 bits per heavy atom. The predicted octanol–water partition coefficient (Wildman–Crippen LogP) is 5.17. The summed E-state index contributed by atoms with van der Waals surface area (Å²) in [6, 6.07) is 19.3. The van der Waals surface area contributed by atoms with E-state index in [4.69, 9.17) is 15.5 Å². The molecule has 3 aromatic rings. The second-order valence-corrected chi connectivity index (χ2v) is 11.1. The second-order valence-electron chi connectivity index (χ2n) is 11.1. The number of carbonyl (C=O) groups excluding carboxylic acids is 1. The fourth-order valence-electron chi connectivity index (χ4n) is 4.99. The molecule has 2 aromatic carbocycles. The first kappa shape index (κ1) is 27.8. The largest absolute Gasteiger partial charge is 0.381 e. The van der Waals surface area contributed by atoms with Gasteiger partial charge in [-0.25, -0.2) is 14.2 Å². The molecular formula is C30H40FN5O2. The number of nitrogens with one attached hydrogen (secondary N) is 1. The molecule has 0 unspecified atom stereocenters. The van der Waals surface area contributed by atoms with Crippen LogP contribution in [0.1, 0.15) is 51.0 Å². The number of benzene rings is 2. The number of carbonyl (C=O) groups is 1. The number of rotatable bonds is 9. The zero-order valence-electron chi connectivity index (χ0n) is 22.6. The molecule has 2 amide bonds. The van der Waals surface area contributed by atoms with Crippen molar-refractivity contribution >= 4 is 6.03 Å². The topological polar surface area (TPSA) is 85.4 Å². The number of hydrogen-bond donors (Lipinski definition) is 2. The average Bonchev–Trinajstić information content (AvgIpc) is 3.32. The van der Waals surface area contributed by atoms with Gasteiger partial charge >= 0.3 is 6.03 Å². The first-order valence-electron chi connectivity index (χ1n) is 13.4. The fourth-order valence-corrected chi connectivity index (χ4v) is 4.99. The summed E-state index contributed by atoms with van der Waals surface area (Å²) in [4.78, 5) is 20.5. The highest BCUT2D eigenvalue weighted by Crippen LogP contribution is 2.39. The molecule has 1 aliphatic heterocycles. The van der Waals surface area contributed by atoms with Gasteiger partial charge in [-0.1, -0.05) is 81.4 Å². The SMILES string of the molecule is CC(C)(C)[C@H](c1nc(-c2ccccc2)cn1Cc1ccccc1)N(C[C@H](F)CN)C(=O)NC1CCOCC1. The summed E-state index contributed by atoms with van der Waals surface area (Å²) in [6.07, 6.45) is 2.14. The maximum atomic E-state index is 14.9. The summed E-state index contributed by atoms with van der Waals surface area (Å²) >= 11 is 0. The number of aromatic nitrogens is 2. The molecule has 1 aromatic heterocycles. The highest BCUT2D eigenvalue weighted by atomic mass is 19.1. The van der Waals surface area contributed by atoms with Gasteiger partial charge in [-0.2, -0.15) is 0 Å². The Kier molecular flexibility index (Phi) is 9.17. The van der Waals surface area contributed by atoms with E-state index in [0.29, 0.717) is 25.6 Å². The Bertz CT molecular complexity index is 1160. The van der Waals surface area contributed by atoms with Gasteiger partial charge in [-0.15, -0.1) is 0 Å². The molecule has 0 saturated carbocycles. The van der Waals surface area contributed by atoms with Crippen molar-refractivity contribution in [3.05, 3.63) is 78.2 Å². The predicted molar refractivity (Wildman–Crippen MR) is 148 cm³/mol. The lowest BCUT2D eigenvalue weighted by atomic mass is 9.84. The monoisotopic (exact) mass is 521 g/mol. The van der Waals surface area contributed by atoms with E-state index in [-0.39, 0.29) is 25.2 Å². The summed E-state index contributed by atoms with van der Waals surface area (Å²) in [6.45, 7) is 7.68. The van der Waals surface area contributed by atoms with Crippen LogP contribution in [-0.2, 0) is 11.3 Å². The summed E-state index contributed by atoms with van der Waals surface area (Å²) in [5.74, 6) is 0.714. The van der Waals surface area contributed by atoms with Crippen molar-refractivity contribution in [2.45, 2.75) is 58.4 Å². The quantitative estimate of drug-likeness (QED) is 0.407. The third kappa shape index (κ3) is 6.99. The van der Waals surface area contributed by atoms with Gasteiger partial charge in [0.05, 0.1) is 18.3 Å². The molecule has 2 heterocycles. The van der Waals surface area contributed by atoms with Gasteiger partial charge in [0.2, 0.25) is 0 Å². The van der Waals surface area contributed by atoms with Crippen LogP contribution in [0.3, 0.4) is 0 Å². The minimum Gasteiger partial charge on any atom is -0.381 e. The highest BCUT2D eigenvalue weighted by molar-refractivity contribution is 5.75. The van der Waals surface area contributed by atoms with E-state index < -0.39 is 17.6 Å². The average molecular weight is 522 g/mol. The molecule has 1 fully saturated rings. The molecule has 0 bridgehead atoms. The zero-order valence-corrected chi connectivity index (χ0v) is 22.6. The van der Waals surface area contributed by atoms with Gasteiger partial charge in [0.15, 0.2) is 0 Å². The molecule has 0 radical (unpaired) electrons. The molecule has 3 N–H and O–H groups in total. The maximum Gasteiger partial charge on any atom is 0.318 e. The summed E-state index contributed by atoms with van der Waals surface area (Å²) in [5.41, 5.74) is 8.15. The van der Waals surface area contributed by atoms with E-state index in [1.54, 1.807) is 4.90 Å². The molecule has 7 nitrogen and oxygen atoms in total. The number of ether oxygens (including phenoxy) is 1. The molecule has 204 valence electrons. The second kappa shape index (κ2) is 12.5. The molecular weight excluding hydrogens is 481 g/mol. The number of imidazole rings is 1. The van der Waals surface area contributed by atoms with Gasteiger partial charge in [-0.05, 0) is 23.8 Å². The number of nitrogens with two attached hydrogens (primary N) is 1. The Balaban J connectivity index is 1.78. The Morgan fingerprint density at radius 2 is 1.76 bits per heavy atom. The third-order valence-corrected chi connectivity index (χ3v) is 6.91. The van der Waals surface area contributed by atoms with Crippen molar-refractivity contribution in [2.75, 3.05) is 26.3 Å². The van der Waals surface area contributed by atoms with Crippen LogP contribution in [0.25, 0.3) is 11.3 Å². The van der Waals surface area contributed by atoms with Crippen LogP contribution in [0.4, 0.5) is 9.18 Å². The van der Waals surface area contributed by atoms with Crippen LogP contribution >= 0.6 is 0 Å². The summed E-state index contributed by atoms with van der Waals surface area (Å²) in [5, 5.41) is 3.14. The lowest BCUT2D eigenvalue weighted by Crippen LogP contribution is -2.53. The van der Waals surface area contributed by atoms with Gasteiger partial charge in [0.1, 0.15) is 12.0 Å². The smallest absolute Gasteiger partial charge is 0.318 e. The van der Waals surface area contributed by atoms with Gasteiger partial charge in [-0.3, -0.25) is 0 Å². The van der Waals surface area contributed by atoms with Crippen LogP contribution < -0.4 is 11.1 Å². The van der Waals surface area contributed by atoms with Gasteiger partial charge < -0.3 is 25.3 Å². The van der Waals surface area contributed by atoms with E-state index in [1.807, 2.05) is 54.7 Å². The van der Waals surface area contributed by atoms with Crippen LogP contribution in [0.5, 0.6) is 0 Å². The van der Waals surface area contributed by atoms with Crippen LogP contribution in [0.15, 0.2) is 66.9 Å². The van der Waals surface area contributed by atoms with E-state index in [1.165, 1.54) is 0 Å². The molecule has 0 spiro atoms. The van der Waals surface area contributed by atoms with E-state index >= 15 is 0 Å². The number of alkyl halides is 1. The highest BCUT2D eigenvalue weighted by Gasteiger charge is 2.40. The van der Waals surface area contributed by atoms with Crippen LogP contribution in [0, 0.1) is 5.41 Å². The molecule has 0 aliphatic carbocycles. The number of hydrogen-bond acceptors (Lipinski definition) is 4. The molecule has 1 saturated heterocycles. The molecule has 2 atom stereocenters. The minimum atomic E-state index is -1.36. The lowest BCUT2D eigenvalue weighted by Gasteiger charge is -2.41. The minimum absolute atomic E-state index is 0.0146. The molecule has 4 rings (SSSR count). The number of halogens is 1. The van der Waals surface area contributed by atoms with Crippen molar-refractivity contribution in [2.24, 2.45) is 11.1 Å². The first-order valence-corrected chi connectivity index (χ1v) is 13.4. The van der Waals surface area contributed by atoms with E-state index in [9.17, 15) is 9.18 Å². The lowest BCUT2D eigenvalue weighted by molar-refractivity contribution is 0.0659. The Hall–Kier alpha value is -3.23. The van der Waals surface area contributed by atoms with Crippen molar-refractivity contribution in [1.82, 2.24) is 19.8 Å². The van der Waals surface area contributed by atoms with Crippen LogP contribution in [-0.4, -0.2) is 59.0 Å². The summed E-state index contributed by atoms with van der Waals surface area (Å²) in [7, 11) is 0. The molecule has 1 aliphatic rings. The molecule has 38 heavy (non-hydrogen) atoms.